The maximum absolute atomic E-state index is 4.31. The lowest BCUT2D eigenvalue weighted by Crippen LogP contribution is -2.46. The number of allylic oxidation sites excluding steroid dienone is 1. The molecule has 0 amide bonds. The summed E-state index contributed by atoms with van der Waals surface area (Å²) >= 11 is 0. The second kappa shape index (κ2) is 4.05. The zero-order chi connectivity index (χ0) is 10.8. The van der Waals surface area contributed by atoms with Crippen LogP contribution in [0.5, 0.6) is 0 Å². The fourth-order valence-corrected chi connectivity index (χ4v) is 2.05. The van der Waals surface area contributed by atoms with Crippen molar-refractivity contribution in [2.24, 2.45) is 5.92 Å². The van der Waals surface area contributed by atoms with Gasteiger partial charge in [-0.15, -0.1) is 6.58 Å². The molecule has 0 aliphatic carbocycles. The number of rotatable bonds is 3. The van der Waals surface area contributed by atoms with E-state index in [0.29, 0.717) is 0 Å². The summed E-state index contributed by atoms with van der Waals surface area (Å²) in [6.45, 7) is 10.4. The zero-order valence-corrected chi connectivity index (χ0v) is 9.53. The Morgan fingerprint density at radius 3 is 2.80 bits per heavy atom. The van der Waals surface area contributed by atoms with Crippen LogP contribution in [0.3, 0.4) is 0 Å². The highest BCUT2D eigenvalue weighted by molar-refractivity contribution is 5.47. The molecular weight excluding hydrogens is 184 g/mol. The molecule has 1 aliphatic rings. The fraction of sp³-hybridized carbons (Fsp3) is 0.462. The lowest BCUT2D eigenvalue weighted by Gasteiger charge is -2.41. The van der Waals surface area contributed by atoms with Gasteiger partial charge in [0.1, 0.15) is 0 Å². The fourth-order valence-electron chi connectivity index (χ4n) is 2.05. The third-order valence-electron chi connectivity index (χ3n) is 2.86. The molecule has 0 unspecified atom stereocenters. The summed E-state index contributed by atoms with van der Waals surface area (Å²) in [6.07, 6.45) is 3.13. The number of hydrogen-bond donors (Lipinski definition) is 0. The normalized spacial score (nSPS) is 16.3. The molecule has 1 aromatic heterocycles. The third kappa shape index (κ3) is 2.38. The molecule has 1 saturated heterocycles. The summed E-state index contributed by atoms with van der Waals surface area (Å²) in [5.74, 6) is 0.795. The maximum Gasteiger partial charge on any atom is 0.0553 e. The van der Waals surface area contributed by atoms with E-state index >= 15 is 0 Å². The molecule has 0 N–H and O–H groups in total. The molecule has 0 spiro atoms. The van der Waals surface area contributed by atoms with Crippen molar-refractivity contribution >= 4 is 5.69 Å². The largest absolute Gasteiger partial charge is 0.370 e. The molecule has 2 nitrogen and oxygen atoms in total. The van der Waals surface area contributed by atoms with Gasteiger partial charge in [-0.25, -0.2) is 0 Å². The van der Waals surface area contributed by atoms with Gasteiger partial charge in [0, 0.05) is 18.8 Å². The Bertz CT molecular complexity index is 347. The molecule has 0 radical (unpaired) electrons. The first-order chi connectivity index (χ1) is 7.15. The Balaban J connectivity index is 1.89. The number of hydrogen-bond acceptors (Lipinski definition) is 2. The number of aromatic nitrogens is 1. The molecule has 1 aromatic rings. The van der Waals surface area contributed by atoms with Gasteiger partial charge in [0.05, 0.1) is 11.9 Å². The summed E-state index contributed by atoms with van der Waals surface area (Å²) < 4.78 is 0. The van der Waals surface area contributed by atoms with Crippen LogP contribution in [0.2, 0.25) is 0 Å². The first-order valence-corrected chi connectivity index (χ1v) is 5.47. The van der Waals surface area contributed by atoms with Gasteiger partial charge in [0.15, 0.2) is 0 Å². The molecule has 2 heterocycles. The quantitative estimate of drug-likeness (QED) is 0.701. The van der Waals surface area contributed by atoms with Crippen LogP contribution in [0, 0.1) is 12.8 Å². The third-order valence-corrected chi connectivity index (χ3v) is 2.86. The van der Waals surface area contributed by atoms with Gasteiger partial charge >= 0.3 is 0 Å². The van der Waals surface area contributed by atoms with Gasteiger partial charge in [-0.05, 0) is 38.3 Å². The lowest BCUT2D eigenvalue weighted by molar-refractivity contribution is 0.407. The number of pyridine rings is 1. The van der Waals surface area contributed by atoms with Crippen molar-refractivity contribution in [2.75, 3.05) is 18.0 Å². The Morgan fingerprint density at radius 1 is 1.53 bits per heavy atom. The van der Waals surface area contributed by atoms with Gasteiger partial charge in [0.25, 0.3) is 0 Å². The molecular formula is C13H18N2. The highest BCUT2D eigenvalue weighted by atomic mass is 15.2. The number of aryl methyl sites for hydroxylation is 1. The molecule has 0 saturated carbocycles. The summed E-state index contributed by atoms with van der Waals surface area (Å²) in [7, 11) is 0. The highest BCUT2D eigenvalue weighted by Crippen LogP contribution is 2.27. The van der Waals surface area contributed by atoms with Crippen molar-refractivity contribution in [1.29, 1.82) is 0 Å². The van der Waals surface area contributed by atoms with E-state index in [1.807, 2.05) is 13.1 Å². The van der Waals surface area contributed by atoms with Crippen molar-refractivity contribution in [3.05, 3.63) is 36.2 Å². The van der Waals surface area contributed by atoms with Gasteiger partial charge in [-0.3, -0.25) is 4.98 Å². The Morgan fingerprint density at radius 2 is 2.27 bits per heavy atom. The molecule has 2 heteroatoms. The minimum Gasteiger partial charge on any atom is -0.370 e. The minimum absolute atomic E-state index is 0.795. The number of anilines is 1. The van der Waals surface area contributed by atoms with Gasteiger partial charge in [-0.1, -0.05) is 5.57 Å². The van der Waals surface area contributed by atoms with Gasteiger partial charge in [0.2, 0.25) is 0 Å². The smallest absolute Gasteiger partial charge is 0.0553 e. The second-order valence-corrected chi connectivity index (χ2v) is 4.59. The first kappa shape index (κ1) is 10.2. The molecule has 80 valence electrons. The van der Waals surface area contributed by atoms with Crippen LogP contribution in [0.4, 0.5) is 5.69 Å². The molecule has 2 rings (SSSR count). The van der Waals surface area contributed by atoms with Crippen LogP contribution in [-0.4, -0.2) is 18.1 Å². The molecule has 0 atom stereocenters. The Hall–Kier alpha value is -1.31. The summed E-state index contributed by atoms with van der Waals surface area (Å²) in [5.41, 5.74) is 3.62. The van der Waals surface area contributed by atoms with Crippen LogP contribution in [-0.2, 0) is 0 Å². The summed E-state index contributed by atoms with van der Waals surface area (Å²) in [5, 5.41) is 0. The summed E-state index contributed by atoms with van der Waals surface area (Å²) in [6, 6.07) is 4.22. The standard InChI is InChI=1S/C13H18N2/c1-10(2)6-12-8-15(9-12)13-5-4-11(3)14-7-13/h4-5,7,12H,1,6,8-9H2,2-3H3. The van der Waals surface area contributed by atoms with Gasteiger partial charge in [-0.2, -0.15) is 0 Å². The maximum atomic E-state index is 4.31. The molecule has 1 fully saturated rings. The minimum atomic E-state index is 0.795. The molecule has 15 heavy (non-hydrogen) atoms. The van der Waals surface area contributed by atoms with Crippen LogP contribution < -0.4 is 4.90 Å². The van der Waals surface area contributed by atoms with E-state index < -0.39 is 0 Å². The van der Waals surface area contributed by atoms with E-state index in [-0.39, 0.29) is 0 Å². The topological polar surface area (TPSA) is 16.1 Å². The van der Waals surface area contributed by atoms with Crippen LogP contribution in [0.1, 0.15) is 19.0 Å². The molecule has 0 bridgehead atoms. The first-order valence-electron chi connectivity index (χ1n) is 5.47. The van der Waals surface area contributed by atoms with Crippen molar-refractivity contribution in [3.63, 3.8) is 0 Å². The molecule has 0 aromatic carbocycles. The van der Waals surface area contributed by atoms with Crippen LogP contribution >= 0.6 is 0 Å². The zero-order valence-electron chi connectivity index (χ0n) is 9.53. The lowest BCUT2D eigenvalue weighted by atomic mass is 9.93. The predicted octanol–water partition coefficient (Wildman–Crippen LogP) is 2.79. The molecule has 1 aliphatic heterocycles. The number of nitrogens with zero attached hydrogens (tertiary/aromatic N) is 2. The average molecular weight is 202 g/mol. The Labute approximate surface area is 91.6 Å². The SMILES string of the molecule is C=C(C)CC1CN(c2ccc(C)nc2)C1. The van der Waals surface area contributed by atoms with Crippen molar-refractivity contribution in [3.8, 4) is 0 Å². The highest BCUT2D eigenvalue weighted by Gasteiger charge is 2.26. The van der Waals surface area contributed by atoms with E-state index in [1.165, 1.54) is 11.3 Å². The van der Waals surface area contributed by atoms with Crippen LogP contribution in [0.15, 0.2) is 30.5 Å². The van der Waals surface area contributed by atoms with Crippen LogP contribution in [0.25, 0.3) is 0 Å². The Kier molecular flexibility index (Phi) is 2.76. The monoisotopic (exact) mass is 202 g/mol. The van der Waals surface area contributed by atoms with E-state index in [1.54, 1.807) is 0 Å². The average Bonchev–Trinajstić information content (AvgIpc) is 2.12. The van der Waals surface area contributed by atoms with E-state index in [4.69, 9.17) is 0 Å². The van der Waals surface area contributed by atoms with E-state index in [2.05, 4.69) is 35.5 Å². The van der Waals surface area contributed by atoms with Crippen molar-refractivity contribution in [2.45, 2.75) is 20.3 Å². The van der Waals surface area contributed by atoms with Gasteiger partial charge < -0.3 is 4.90 Å². The predicted molar refractivity (Wildman–Crippen MR) is 64.1 cm³/mol. The van der Waals surface area contributed by atoms with E-state index in [0.717, 1.165) is 31.1 Å². The van der Waals surface area contributed by atoms with Crippen molar-refractivity contribution < 1.29 is 0 Å². The van der Waals surface area contributed by atoms with E-state index in [9.17, 15) is 0 Å². The van der Waals surface area contributed by atoms with Crippen molar-refractivity contribution in [1.82, 2.24) is 4.98 Å². The summed E-state index contributed by atoms with van der Waals surface area (Å²) in [4.78, 5) is 6.68. The second-order valence-electron chi connectivity index (χ2n) is 4.59.